The van der Waals surface area contributed by atoms with Gasteiger partial charge in [-0.15, -0.1) is 0 Å². The molecule has 0 radical (unpaired) electrons. The van der Waals surface area contributed by atoms with Gasteiger partial charge in [0.15, 0.2) is 23.0 Å². The van der Waals surface area contributed by atoms with Gasteiger partial charge in [0, 0.05) is 6.54 Å². The number of amides is 1. The Balaban J connectivity index is 2.02. The molecule has 1 atom stereocenters. The zero-order chi connectivity index (χ0) is 21.0. The number of phenols is 1. The van der Waals surface area contributed by atoms with Gasteiger partial charge in [-0.25, -0.2) is 0 Å². The van der Waals surface area contributed by atoms with E-state index in [1.54, 1.807) is 0 Å². The summed E-state index contributed by atoms with van der Waals surface area (Å²) in [5.41, 5.74) is 0.314. The summed E-state index contributed by atoms with van der Waals surface area (Å²) in [6.45, 7) is 0.0782. The maximum atomic E-state index is 13.0. The Labute approximate surface area is 166 Å². The number of benzene rings is 1. The molecule has 0 unspecified atom stereocenters. The van der Waals surface area contributed by atoms with Gasteiger partial charge in [0.25, 0.3) is 5.91 Å². The summed E-state index contributed by atoms with van der Waals surface area (Å²) in [6, 6.07) is 6.43. The van der Waals surface area contributed by atoms with Crippen molar-refractivity contribution in [2.45, 2.75) is 6.04 Å². The lowest BCUT2D eigenvalue weighted by Gasteiger charge is -2.27. The normalized spacial score (nSPS) is 16.6. The van der Waals surface area contributed by atoms with Crippen LogP contribution in [0, 0.1) is 0 Å². The van der Waals surface area contributed by atoms with Crippen molar-refractivity contribution in [2.75, 3.05) is 33.5 Å². The predicted molar refractivity (Wildman–Crippen MR) is 99.7 cm³/mol. The number of hydrogen-bond acceptors (Lipinski definition) is 8. The first kappa shape index (κ1) is 20.4. The minimum absolute atomic E-state index is 0.0199. The summed E-state index contributed by atoms with van der Waals surface area (Å²) in [5, 5.41) is 29.2. The third-order valence-electron chi connectivity index (χ3n) is 4.52. The molecule has 9 nitrogen and oxygen atoms in total. The maximum absolute atomic E-state index is 13.0. The standard InChI is InChI=1S/C20H21NO8/c1-27-15-11-12(4-5-13(15)23)17-16(18(24)14-3-2-8-29-14)19(25)20(26)21(17)6-9-28-10-7-22/h2-5,8,11,17,22-23,25H,6-7,9-10H2,1H3/t17-/m1/s1. The van der Waals surface area contributed by atoms with Crippen LogP contribution in [0.25, 0.3) is 0 Å². The number of ketones is 1. The first-order valence-electron chi connectivity index (χ1n) is 8.87. The molecule has 0 spiro atoms. The van der Waals surface area contributed by atoms with Crippen LogP contribution in [0.4, 0.5) is 0 Å². The molecule has 0 aliphatic carbocycles. The molecule has 29 heavy (non-hydrogen) atoms. The minimum atomic E-state index is -0.938. The van der Waals surface area contributed by atoms with Crippen LogP contribution >= 0.6 is 0 Å². The fraction of sp³-hybridized carbons (Fsp3) is 0.300. The molecule has 3 N–H and O–H groups in total. The third kappa shape index (κ3) is 3.96. The lowest BCUT2D eigenvalue weighted by molar-refractivity contribution is -0.130. The second-order valence-electron chi connectivity index (χ2n) is 6.24. The number of nitrogens with zero attached hydrogens (tertiary/aromatic N) is 1. The molecule has 154 valence electrons. The number of aliphatic hydroxyl groups is 2. The molecule has 3 rings (SSSR count). The number of furan rings is 1. The Morgan fingerprint density at radius 2 is 2.03 bits per heavy atom. The van der Waals surface area contributed by atoms with Crippen molar-refractivity contribution in [1.82, 2.24) is 4.90 Å². The second-order valence-corrected chi connectivity index (χ2v) is 6.24. The summed E-state index contributed by atoms with van der Waals surface area (Å²) in [5.74, 6) is -2.01. The van der Waals surface area contributed by atoms with Gasteiger partial charge in [-0.2, -0.15) is 0 Å². The number of Topliss-reactive ketones (excluding diaryl/α,β-unsaturated/α-hetero) is 1. The number of methoxy groups -OCH3 is 1. The van der Waals surface area contributed by atoms with E-state index in [4.69, 9.17) is 19.0 Å². The zero-order valence-corrected chi connectivity index (χ0v) is 15.7. The zero-order valence-electron chi connectivity index (χ0n) is 15.7. The highest BCUT2D eigenvalue weighted by Gasteiger charge is 2.44. The van der Waals surface area contributed by atoms with E-state index in [0.717, 1.165) is 0 Å². The topological polar surface area (TPSA) is 130 Å². The van der Waals surface area contributed by atoms with E-state index in [1.807, 2.05) is 0 Å². The van der Waals surface area contributed by atoms with E-state index in [-0.39, 0.29) is 49.2 Å². The molecule has 0 fully saturated rings. The largest absolute Gasteiger partial charge is 0.504 e. The molecule has 0 saturated carbocycles. The molecule has 1 aromatic carbocycles. The Morgan fingerprint density at radius 1 is 1.24 bits per heavy atom. The summed E-state index contributed by atoms with van der Waals surface area (Å²) in [4.78, 5) is 27.0. The molecule has 1 aliphatic rings. The van der Waals surface area contributed by atoms with Gasteiger partial charge in [-0.05, 0) is 29.8 Å². The summed E-state index contributed by atoms with van der Waals surface area (Å²) >= 11 is 0. The van der Waals surface area contributed by atoms with Crippen molar-refractivity contribution in [3.8, 4) is 11.5 Å². The Hall–Kier alpha value is -3.30. The average Bonchev–Trinajstić information content (AvgIpc) is 3.34. The van der Waals surface area contributed by atoms with Gasteiger partial charge in [-0.3, -0.25) is 9.59 Å². The summed E-state index contributed by atoms with van der Waals surface area (Å²) in [6.07, 6.45) is 1.32. The fourth-order valence-electron chi connectivity index (χ4n) is 3.20. The van der Waals surface area contributed by atoms with Crippen LogP contribution in [-0.4, -0.2) is 65.4 Å². The van der Waals surface area contributed by atoms with Crippen LogP contribution in [0.5, 0.6) is 11.5 Å². The van der Waals surface area contributed by atoms with Gasteiger partial charge in [-0.1, -0.05) is 6.07 Å². The first-order valence-corrected chi connectivity index (χ1v) is 8.87. The second kappa shape index (κ2) is 8.80. The Kier molecular flexibility index (Phi) is 6.20. The highest BCUT2D eigenvalue weighted by Crippen LogP contribution is 2.41. The molecule has 1 amide bonds. The monoisotopic (exact) mass is 403 g/mol. The van der Waals surface area contributed by atoms with E-state index >= 15 is 0 Å². The van der Waals surface area contributed by atoms with E-state index in [0.29, 0.717) is 5.56 Å². The predicted octanol–water partition coefficient (Wildman–Crippen LogP) is 1.58. The highest BCUT2D eigenvalue weighted by molar-refractivity contribution is 6.15. The van der Waals surface area contributed by atoms with Crippen LogP contribution < -0.4 is 4.74 Å². The van der Waals surface area contributed by atoms with E-state index < -0.39 is 23.5 Å². The summed E-state index contributed by atoms with van der Waals surface area (Å²) in [7, 11) is 1.38. The number of phenolic OH excluding ortho intramolecular Hbond substituents is 1. The van der Waals surface area contributed by atoms with Gasteiger partial charge in [0.1, 0.15) is 0 Å². The van der Waals surface area contributed by atoms with Gasteiger partial charge < -0.3 is 34.1 Å². The van der Waals surface area contributed by atoms with Gasteiger partial charge in [0.05, 0.1) is 44.8 Å². The van der Waals surface area contributed by atoms with Crippen LogP contribution in [0.1, 0.15) is 22.2 Å². The van der Waals surface area contributed by atoms with Crippen LogP contribution in [-0.2, 0) is 9.53 Å². The number of hydrogen-bond donors (Lipinski definition) is 3. The van der Waals surface area contributed by atoms with Crippen molar-refractivity contribution >= 4 is 11.7 Å². The minimum Gasteiger partial charge on any atom is -0.504 e. The van der Waals surface area contributed by atoms with Crippen LogP contribution in [0.3, 0.4) is 0 Å². The fourth-order valence-corrected chi connectivity index (χ4v) is 3.20. The van der Waals surface area contributed by atoms with Crippen molar-refractivity contribution < 1.29 is 38.8 Å². The van der Waals surface area contributed by atoms with Gasteiger partial charge in [0.2, 0.25) is 5.78 Å². The van der Waals surface area contributed by atoms with E-state index in [2.05, 4.69) is 0 Å². The Morgan fingerprint density at radius 3 is 2.69 bits per heavy atom. The highest BCUT2D eigenvalue weighted by atomic mass is 16.5. The van der Waals surface area contributed by atoms with E-state index in [9.17, 15) is 19.8 Å². The molecule has 2 heterocycles. The number of aliphatic hydroxyl groups excluding tert-OH is 2. The lowest BCUT2D eigenvalue weighted by Crippen LogP contribution is -2.34. The Bertz CT molecular complexity index is 919. The van der Waals surface area contributed by atoms with Crippen molar-refractivity contribution in [3.05, 3.63) is 59.3 Å². The SMILES string of the molecule is COc1cc([C@@H]2C(C(=O)c3ccco3)=C(O)C(=O)N2CCOCCO)ccc1O. The first-order chi connectivity index (χ1) is 14.0. The summed E-state index contributed by atoms with van der Waals surface area (Å²) < 4.78 is 15.5. The van der Waals surface area contributed by atoms with Crippen molar-refractivity contribution in [3.63, 3.8) is 0 Å². The van der Waals surface area contributed by atoms with Crippen LogP contribution in [0.2, 0.25) is 0 Å². The molecule has 0 bridgehead atoms. The quantitative estimate of drug-likeness (QED) is 0.425. The number of carbonyl (C=O) groups excluding carboxylic acids is 2. The number of carbonyl (C=O) groups is 2. The molecule has 1 aromatic heterocycles. The molecule has 9 heteroatoms. The van der Waals surface area contributed by atoms with Crippen LogP contribution in [0.15, 0.2) is 52.3 Å². The van der Waals surface area contributed by atoms with Crippen molar-refractivity contribution in [1.29, 1.82) is 0 Å². The molecular weight excluding hydrogens is 382 g/mol. The number of aromatic hydroxyl groups is 1. The van der Waals surface area contributed by atoms with Gasteiger partial charge >= 0.3 is 0 Å². The van der Waals surface area contributed by atoms with E-state index in [1.165, 1.54) is 48.6 Å². The van der Waals surface area contributed by atoms with Crippen molar-refractivity contribution in [2.24, 2.45) is 0 Å². The smallest absolute Gasteiger partial charge is 0.290 e. The molecule has 0 saturated heterocycles. The third-order valence-corrected chi connectivity index (χ3v) is 4.52. The maximum Gasteiger partial charge on any atom is 0.290 e. The average molecular weight is 403 g/mol. The molecular formula is C20H21NO8. The lowest BCUT2D eigenvalue weighted by atomic mass is 9.94. The molecule has 1 aliphatic heterocycles. The molecule has 2 aromatic rings. The number of rotatable bonds is 9. The number of ether oxygens (including phenoxy) is 2.